The third-order valence-electron chi connectivity index (χ3n) is 2.63. The largest absolute Gasteiger partial charge is 0.465 e. The van der Waals surface area contributed by atoms with Crippen molar-refractivity contribution in [3.05, 3.63) is 23.2 Å². The zero-order valence-corrected chi connectivity index (χ0v) is 7.85. The van der Waals surface area contributed by atoms with E-state index in [1.165, 1.54) is 5.56 Å². The van der Waals surface area contributed by atoms with Crippen LogP contribution in [0.1, 0.15) is 43.4 Å². The Morgan fingerprint density at radius 1 is 1.58 bits per heavy atom. The molecule has 0 aromatic carbocycles. The van der Waals surface area contributed by atoms with Crippen LogP contribution in [0.15, 0.2) is 10.5 Å². The van der Waals surface area contributed by atoms with Crippen molar-refractivity contribution in [1.29, 1.82) is 0 Å². The van der Waals surface area contributed by atoms with Crippen molar-refractivity contribution >= 4 is 0 Å². The molecule has 0 unspecified atom stereocenters. The van der Waals surface area contributed by atoms with Gasteiger partial charge in [0.25, 0.3) is 0 Å². The molecule has 0 fully saturated rings. The highest BCUT2D eigenvalue weighted by atomic mass is 16.3. The van der Waals surface area contributed by atoms with Crippen molar-refractivity contribution in [1.82, 2.24) is 0 Å². The van der Waals surface area contributed by atoms with Crippen LogP contribution < -0.4 is 5.73 Å². The lowest BCUT2D eigenvalue weighted by Crippen LogP contribution is -2.14. The molecule has 1 aromatic rings. The fraction of sp³-hybridized carbons (Fsp3) is 0.600. The second kappa shape index (κ2) is 2.13. The van der Waals surface area contributed by atoms with Crippen LogP contribution in [0.25, 0.3) is 0 Å². The lowest BCUT2D eigenvalue weighted by atomic mass is 9.91. The number of hydrogen-bond donors (Lipinski definition) is 1. The lowest BCUT2D eigenvalue weighted by Gasteiger charge is -2.16. The minimum absolute atomic E-state index is 0.128. The monoisotopic (exact) mass is 165 g/mol. The molecule has 0 spiro atoms. The zero-order valence-electron chi connectivity index (χ0n) is 7.85. The fourth-order valence-electron chi connectivity index (χ4n) is 2.09. The van der Waals surface area contributed by atoms with E-state index >= 15 is 0 Å². The van der Waals surface area contributed by atoms with Crippen LogP contribution in [0.3, 0.4) is 0 Å². The molecule has 2 N–H and O–H groups in total. The maximum absolute atomic E-state index is 5.98. The molecule has 1 aliphatic carbocycles. The molecule has 1 aliphatic rings. The molecule has 2 nitrogen and oxygen atoms in total. The molecule has 2 heteroatoms. The van der Waals surface area contributed by atoms with Crippen molar-refractivity contribution in [2.24, 2.45) is 5.73 Å². The van der Waals surface area contributed by atoms with Crippen LogP contribution >= 0.6 is 0 Å². The Labute approximate surface area is 72.7 Å². The standard InChI is InChI=1S/C10H15NO/c1-6-4-7-8(11)5-10(2,3)9(7)12-6/h4,8H,5,11H2,1-3H3/t8-/m1/s1. The molecule has 12 heavy (non-hydrogen) atoms. The molecule has 2 rings (SSSR count). The van der Waals surface area contributed by atoms with Gasteiger partial charge in [-0.3, -0.25) is 0 Å². The molecule has 0 saturated carbocycles. The second-order valence-electron chi connectivity index (χ2n) is 4.34. The van der Waals surface area contributed by atoms with Gasteiger partial charge in [-0.05, 0) is 19.4 Å². The first-order chi connectivity index (χ1) is 5.50. The average molecular weight is 165 g/mol. The Kier molecular flexibility index (Phi) is 1.40. The molecule has 66 valence electrons. The molecule has 1 heterocycles. The predicted octanol–water partition coefficient (Wildman–Crippen LogP) is 2.27. The number of furan rings is 1. The first-order valence-electron chi connectivity index (χ1n) is 4.37. The van der Waals surface area contributed by atoms with Crippen molar-refractivity contribution in [3.8, 4) is 0 Å². The molecule has 0 saturated heterocycles. The molecular formula is C10H15NO. The van der Waals surface area contributed by atoms with Crippen LogP contribution in [0.2, 0.25) is 0 Å². The average Bonchev–Trinajstić information content (AvgIpc) is 2.37. The Morgan fingerprint density at radius 2 is 2.25 bits per heavy atom. The van der Waals surface area contributed by atoms with Crippen LogP contribution in [0, 0.1) is 6.92 Å². The van der Waals surface area contributed by atoms with Gasteiger partial charge in [0, 0.05) is 17.0 Å². The number of nitrogens with two attached hydrogens (primary N) is 1. The Balaban J connectivity index is 2.56. The summed E-state index contributed by atoms with van der Waals surface area (Å²) in [5.74, 6) is 2.07. The predicted molar refractivity (Wildman–Crippen MR) is 48.0 cm³/mol. The van der Waals surface area contributed by atoms with E-state index in [1.54, 1.807) is 0 Å². The molecule has 0 radical (unpaired) electrons. The first kappa shape index (κ1) is 7.87. The molecule has 0 amide bonds. The minimum Gasteiger partial charge on any atom is -0.465 e. The SMILES string of the molecule is Cc1cc2c(o1)C(C)(C)C[C@H]2N. The van der Waals surface area contributed by atoms with Crippen LogP contribution in [0.4, 0.5) is 0 Å². The van der Waals surface area contributed by atoms with E-state index in [-0.39, 0.29) is 11.5 Å². The van der Waals surface area contributed by atoms with Gasteiger partial charge in [-0.25, -0.2) is 0 Å². The van der Waals surface area contributed by atoms with Crippen LogP contribution in [0.5, 0.6) is 0 Å². The Hall–Kier alpha value is -0.760. The molecule has 0 aliphatic heterocycles. The quantitative estimate of drug-likeness (QED) is 0.640. The Morgan fingerprint density at radius 3 is 2.83 bits per heavy atom. The third-order valence-corrected chi connectivity index (χ3v) is 2.63. The number of hydrogen-bond acceptors (Lipinski definition) is 2. The minimum atomic E-state index is 0.128. The summed E-state index contributed by atoms with van der Waals surface area (Å²) in [4.78, 5) is 0. The fourth-order valence-corrected chi connectivity index (χ4v) is 2.09. The molecule has 0 bridgehead atoms. The molecule has 1 aromatic heterocycles. The van der Waals surface area contributed by atoms with E-state index in [9.17, 15) is 0 Å². The number of rotatable bonds is 0. The number of aryl methyl sites for hydroxylation is 1. The van der Waals surface area contributed by atoms with E-state index in [0.29, 0.717) is 0 Å². The van der Waals surface area contributed by atoms with Crippen molar-refractivity contribution in [2.75, 3.05) is 0 Å². The maximum Gasteiger partial charge on any atom is 0.114 e. The highest BCUT2D eigenvalue weighted by Gasteiger charge is 2.38. The number of fused-ring (bicyclic) bond motifs is 1. The van der Waals surface area contributed by atoms with Crippen molar-refractivity contribution in [2.45, 2.75) is 38.6 Å². The topological polar surface area (TPSA) is 39.2 Å². The van der Waals surface area contributed by atoms with Gasteiger partial charge in [0.2, 0.25) is 0 Å². The van der Waals surface area contributed by atoms with Crippen LogP contribution in [-0.4, -0.2) is 0 Å². The lowest BCUT2D eigenvalue weighted by molar-refractivity contribution is 0.370. The van der Waals surface area contributed by atoms with Gasteiger partial charge in [-0.15, -0.1) is 0 Å². The van der Waals surface area contributed by atoms with E-state index in [0.717, 1.165) is 17.9 Å². The van der Waals surface area contributed by atoms with Crippen LogP contribution in [-0.2, 0) is 5.41 Å². The van der Waals surface area contributed by atoms with Gasteiger partial charge in [0.05, 0.1) is 0 Å². The normalized spacial score (nSPS) is 25.8. The van der Waals surface area contributed by atoms with Gasteiger partial charge < -0.3 is 10.2 Å². The summed E-state index contributed by atoms with van der Waals surface area (Å²) in [6, 6.07) is 2.24. The second-order valence-corrected chi connectivity index (χ2v) is 4.34. The zero-order chi connectivity index (χ0) is 8.93. The van der Waals surface area contributed by atoms with Gasteiger partial charge in [0.15, 0.2) is 0 Å². The van der Waals surface area contributed by atoms with E-state index in [2.05, 4.69) is 19.9 Å². The summed E-state index contributed by atoms with van der Waals surface area (Å²) in [5.41, 5.74) is 7.31. The highest BCUT2D eigenvalue weighted by Crippen LogP contribution is 2.44. The highest BCUT2D eigenvalue weighted by molar-refractivity contribution is 5.35. The van der Waals surface area contributed by atoms with Crippen molar-refractivity contribution in [3.63, 3.8) is 0 Å². The summed E-state index contributed by atoms with van der Waals surface area (Å²) < 4.78 is 5.63. The van der Waals surface area contributed by atoms with Crippen molar-refractivity contribution < 1.29 is 4.42 Å². The maximum atomic E-state index is 5.98. The summed E-state index contributed by atoms with van der Waals surface area (Å²) in [7, 11) is 0. The summed E-state index contributed by atoms with van der Waals surface area (Å²) >= 11 is 0. The van der Waals surface area contributed by atoms with E-state index in [4.69, 9.17) is 10.2 Å². The van der Waals surface area contributed by atoms with E-state index < -0.39 is 0 Å². The van der Waals surface area contributed by atoms with Gasteiger partial charge in [0.1, 0.15) is 11.5 Å². The third kappa shape index (κ3) is 0.911. The first-order valence-corrected chi connectivity index (χ1v) is 4.37. The smallest absolute Gasteiger partial charge is 0.114 e. The summed E-state index contributed by atoms with van der Waals surface area (Å²) in [6.07, 6.45) is 1.00. The van der Waals surface area contributed by atoms with Gasteiger partial charge >= 0.3 is 0 Å². The Bertz CT molecular complexity index is 312. The van der Waals surface area contributed by atoms with E-state index in [1.807, 2.05) is 6.92 Å². The van der Waals surface area contributed by atoms with Gasteiger partial charge in [-0.2, -0.15) is 0 Å². The molecular weight excluding hydrogens is 150 g/mol. The van der Waals surface area contributed by atoms with Gasteiger partial charge in [-0.1, -0.05) is 13.8 Å². The summed E-state index contributed by atoms with van der Waals surface area (Å²) in [6.45, 7) is 6.34. The molecule has 1 atom stereocenters. The summed E-state index contributed by atoms with van der Waals surface area (Å²) in [5, 5.41) is 0.